The molecule has 1 aliphatic carbocycles. The second-order valence-corrected chi connectivity index (χ2v) is 4.69. The molecule has 18 heavy (non-hydrogen) atoms. The summed E-state index contributed by atoms with van der Waals surface area (Å²) in [4.78, 5) is 26.4. The number of nitrogens with zero attached hydrogens (tertiary/aromatic N) is 1. The summed E-state index contributed by atoms with van der Waals surface area (Å²) in [5.41, 5.74) is 0.229. The van der Waals surface area contributed by atoms with E-state index in [0.717, 1.165) is 12.8 Å². The largest absolute Gasteiger partial charge is 0.477 e. The summed E-state index contributed by atoms with van der Waals surface area (Å²) in [5.74, 6) is -0.814. The third-order valence-corrected chi connectivity index (χ3v) is 3.46. The minimum atomic E-state index is -1.13. The zero-order valence-corrected chi connectivity index (χ0v) is 10.2. The molecule has 1 atom stereocenters. The maximum Gasteiger partial charge on any atom is 0.354 e. The van der Waals surface area contributed by atoms with Crippen LogP contribution in [0.25, 0.3) is 0 Å². The van der Waals surface area contributed by atoms with Gasteiger partial charge in [-0.1, -0.05) is 6.42 Å². The van der Waals surface area contributed by atoms with Gasteiger partial charge in [-0.2, -0.15) is 0 Å². The van der Waals surface area contributed by atoms with Crippen LogP contribution in [0.2, 0.25) is 0 Å². The third kappa shape index (κ3) is 2.67. The summed E-state index contributed by atoms with van der Waals surface area (Å²) in [7, 11) is 0. The molecule has 1 aliphatic rings. The Hall–Kier alpha value is -1.91. The minimum absolute atomic E-state index is 0.112. The lowest BCUT2D eigenvalue weighted by atomic mass is 9.80. The van der Waals surface area contributed by atoms with Gasteiger partial charge in [0.15, 0.2) is 0 Å². The van der Waals surface area contributed by atoms with Gasteiger partial charge >= 0.3 is 5.97 Å². The quantitative estimate of drug-likeness (QED) is 0.850. The number of aromatic nitrogens is 1. The summed E-state index contributed by atoms with van der Waals surface area (Å²) >= 11 is 0. The summed E-state index contributed by atoms with van der Waals surface area (Å²) < 4.78 is 0. The van der Waals surface area contributed by atoms with Crippen LogP contribution in [-0.2, 0) is 0 Å². The van der Waals surface area contributed by atoms with E-state index in [4.69, 9.17) is 5.11 Å². The van der Waals surface area contributed by atoms with E-state index >= 15 is 0 Å². The number of amides is 1. The molecule has 0 saturated heterocycles. The molecule has 1 heterocycles. The molecule has 1 aromatic heterocycles. The van der Waals surface area contributed by atoms with E-state index in [2.05, 4.69) is 10.3 Å². The third-order valence-electron chi connectivity index (χ3n) is 3.46. The van der Waals surface area contributed by atoms with E-state index in [0.29, 0.717) is 11.5 Å². The average molecular weight is 248 g/mol. The maximum atomic E-state index is 11.9. The Morgan fingerprint density at radius 3 is 2.78 bits per heavy atom. The lowest BCUT2D eigenvalue weighted by molar-refractivity contribution is 0.0690. The predicted molar refractivity (Wildman–Crippen MR) is 65.5 cm³/mol. The van der Waals surface area contributed by atoms with E-state index in [1.807, 2.05) is 6.92 Å². The number of pyridine rings is 1. The average Bonchev–Trinajstić information content (AvgIpc) is 2.26. The molecule has 96 valence electrons. The summed E-state index contributed by atoms with van der Waals surface area (Å²) in [6.45, 7) is 1.99. The molecule has 0 aromatic carbocycles. The number of carboxylic acid groups (broad SMARTS) is 1. The molecule has 0 spiro atoms. The summed E-state index contributed by atoms with van der Waals surface area (Å²) in [6.07, 6.45) is 4.87. The number of carbonyl (C=O) groups excluding carboxylic acids is 1. The molecule has 5 nitrogen and oxygen atoms in total. The first-order chi connectivity index (χ1) is 8.58. The van der Waals surface area contributed by atoms with Crippen molar-refractivity contribution < 1.29 is 14.7 Å². The van der Waals surface area contributed by atoms with Crippen LogP contribution < -0.4 is 5.32 Å². The molecule has 5 heteroatoms. The molecule has 0 radical (unpaired) electrons. The van der Waals surface area contributed by atoms with Crippen LogP contribution in [0.1, 0.15) is 47.0 Å². The van der Waals surface area contributed by atoms with Gasteiger partial charge in [0.2, 0.25) is 0 Å². The van der Waals surface area contributed by atoms with Crippen LogP contribution in [0.4, 0.5) is 0 Å². The Kier molecular flexibility index (Phi) is 3.60. The standard InChI is InChI=1S/C13H16N2O3/c1-8(9-3-2-4-9)15-12(16)10-5-6-14-11(7-10)13(17)18/h5-9H,2-4H2,1H3,(H,15,16)(H,17,18). The first-order valence-electron chi connectivity index (χ1n) is 6.08. The summed E-state index contributed by atoms with van der Waals surface area (Å²) in [6, 6.07) is 2.95. The second-order valence-electron chi connectivity index (χ2n) is 4.69. The molecule has 2 N–H and O–H groups in total. The Bertz CT molecular complexity index is 469. The van der Waals surface area contributed by atoms with Gasteiger partial charge < -0.3 is 10.4 Å². The highest BCUT2D eigenvalue weighted by Crippen LogP contribution is 2.29. The van der Waals surface area contributed by atoms with E-state index in [1.54, 1.807) is 0 Å². The lowest BCUT2D eigenvalue weighted by Crippen LogP contribution is -2.40. The van der Waals surface area contributed by atoms with Gasteiger partial charge in [0.05, 0.1) is 0 Å². The van der Waals surface area contributed by atoms with Crippen molar-refractivity contribution in [3.63, 3.8) is 0 Å². The van der Waals surface area contributed by atoms with Crippen molar-refractivity contribution in [1.82, 2.24) is 10.3 Å². The fourth-order valence-corrected chi connectivity index (χ4v) is 2.04. The van der Waals surface area contributed by atoms with Gasteiger partial charge in [-0.25, -0.2) is 9.78 Å². The van der Waals surface area contributed by atoms with Gasteiger partial charge in [-0.15, -0.1) is 0 Å². The Labute approximate surface area is 105 Å². The number of carbonyl (C=O) groups is 2. The predicted octanol–water partition coefficient (Wildman–Crippen LogP) is 1.70. The number of aromatic carboxylic acids is 1. The Morgan fingerprint density at radius 2 is 2.22 bits per heavy atom. The van der Waals surface area contributed by atoms with Crippen LogP contribution in [0.3, 0.4) is 0 Å². The molecule has 0 bridgehead atoms. The van der Waals surface area contributed by atoms with Crippen LogP contribution in [0.5, 0.6) is 0 Å². The molecule has 0 aliphatic heterocycles. The molecule has 2 rings (SSSR count). The zero-order chi connectivity index (χ0) is 13.1. The van der Waals surface area contributed by atoms with Gasteiger partial charge in [-0.3, -0.25) is 4.79 Å². The highest BCUT2D eigenvalue weighted by molar-refractivity contribution is 5.96. The van der Waals surface area contributed by atoms with Crippen LogP contribution >= 0.6 is 0 Å². The number of rotatable bonds is 4. The molecular formula is C13H16N2O3. The van der Waals surface area contributed by atoms with Gasteiger partial charge in [-0.05, 0) is 37.8 Å². The number of hydrogen-bond acceptors (Lipinski definition) is 3. The number of nitrogens with one attached hydrogen (secondary N) is 1. The van der Waals surface area contributed by atoms with Crippen molar-refractivity contribution >= 4 is 11.9 Å². The molecule has 1 aromatic rings. The highest BCUT2D eigenvalue weighted by Gasteiger charge is 2.25. The van der Waals surface area contributed by atoms with Crippen molar-refractivity contribution in [3.8, 4) is 0 Å². The second kappa shape index (κ2) is 5.16. The maximum absolute atomic E-state index is 11.9. The molecule has 1 unspecified atom stereocenters. The minimum Gasteiger partial charge on any atom is -0.477 e. The zero-order valence-electron chi connectivity index (χ0n) is 10.2. The van der Waals surface area contributed by atoms with Crippen LogP contribution in [0.15, 0.2) is 18.3 Å². The van der Waals surface area contributed by atoms with Crippen LogP contribution in [0, 0.1) is 5.92 Å². The van der Waals surface area contributed by atoms with Gasteiger partial charge in [0.1, 0.15) is 5.69 Å². The fraction of sp³-hybridized carbons (Fsp3) is 0.462. The van der Waals surface area contributed by atoms with Gasteiger partial charge in [0.25, 0.3) is 5.91 Å². The van der Waals surface area contributed by atoms with Crippen molar-refractivity contribution in [2.45, 2.75) is 32.2 Å². The van der Waals surface area contributed by atoms with Crippen LogP contribution in [-0.4, -0.2) is 28.0 Å². The van der Waals surface area contributed by atoms with Crippen molar-refractivity contribution in [3.05, 3.63) is 29.6 Å². The first-order valence-corrected chi connectivity index (χ1v) is 6.08. The topological polar surface area (TPSA) is 79.3 Å². The van der Waals surface area contributed by atoms with E-state index < -0.39 is 5.97 Å². The first kappa shape index (κ1) is 12.5. The van der Waals surface area contributed by atoms with Crippen molar-refractivity contribution in [2.24, 2.45) is 5.92 Å². The Balaban J connectivity index is 2.03. The molecule has 1 amide bonds. The molecule has 1 fully saturated rings. The monoisotopic (exact) mass is 248 g/mol. The molecular weight excluding hydrogens is 232 g/mol. The van der Waals surface area contributed by atoms with Gasteiger partial charge in [0, 0.05) is 17.8 Å². The SMILES string of the molecule is CC(NC(=O)c1ccnc(C(=O)O)c1)C1CCC1. The van der Waals surface area contributed by atoms with E-state index in [9.17, 15) is 9.59 Å². The highest BCUT2D eigenvalue weighted by atomic mass is 16.4. The summed E-state index contributed by atoms with van der Waals surface area (Å²) in [5, 5.41) is 11.7. The number of carboxylic acids is 1. The van der Waals surface area contributed by atoms with E-state index in [1.165, 1.54) is 24.8 Å². The fourth-order valence-electron chi connectivity index (χ4n) is 2.04. The van der Waals surface area contributed by atoms with Crippen molar-refractivity contribution in [2.75, 3.05) is 0 Å². The van der Waals surface area contributed by atoms with Crippen molar-refractivity contribution in [1.29, 1.82) is 0 Å². The molecule has 1 saturated carbocycles. The normalized spacial score (nSPS) is 16.7. The lowest BCUT2D eigenvalue weighted by Gasteiger charge is -2.31. The van der Waals surface area contributed by atoms with E-state index in [-0.39, 0.29) is 17.6 Å². The smallest absolute Gasteiger partial charge is 0.354 e. The number of hydrogen-bond donors (Lipinski definition) is 2. The Morgan fingerprint density at radius 1 is 1.50 bits per heavy atom.